The highest BCUT2D eigenvalue weighted by Gasteiger charge is 2.41. The van der Waals surface area contributed by atoms with E-state index in [1.165, 1.54) is 4.90 Å². The number of benzene rings is 3. The molecule has 0 spiro atoms. The minimum atomic E-state index is -0.587. The topological polar surface area (TPSA) is 83.5 Å². The highest BCUT2D eigenvalue weighted by molar-refractivity contribution is 6.21. The Morgan fingerprint density at radius 2 is 1.36 bits per heavy atom. The normalized spacial score (nSPS) is 22.0. The van der Waals surface area contributed by atoms with Gasteiger partial charge in [-0.2, -0.15) is 0 Å². The van der Waals surface area contributed by atoms with E-state index in [2.05, 4.69) is 0 Å². The molecule has 0 radical (unpaired) electrons. The van der Waals surface area contributed by atoms with Crippen LogP contribution in [0.3, 0.4) is 0 Å². The van der Waals surface area contributed by atoms with Crippen LogP contribution in [0.15, 0.2) is 84.9 Å². The third kappa shape index (κ3) is 7.70. The summed E-state index contributed by atoms with van der Waals surface area (Å²) >= 11 is 0. The highest BCUT2D eigenvalue weighted by Crippen LogP contribution is 2.28. The maximum atomic E-state index is 12.5. The lowest BCUT2D eigenvalue weighted by atomic mass is 10.0. The molecule has 2 aliphatic rings. The third-order valence-electron chi connectivity index (χ3n) is 7.63. The van der Waals surface area contributed by atoms with Crippen molar-refractivity contribution in [1.29, 1.82) is 0 Å². The first-order valence-corrected chi connectivity index (χ1v) is 14.7. The van der Waals surface area contributed by atoms with Crippen molar-refractivity contribution in [3.63, 3.8) is 0 Å². The quantitative estimate of drug-likeness (QED) is 0.178. The first kappa shape index (κ1) is 30.1. The van der Waals surface area contributed by atoms with Crippen LogP contribution in [0.1, 0.15) is 57.5 Å². The molecule has 0 unspecified atom stereocenters. The molecule has 2 heterocycles. The van der Waals surface area contributed by atoms with Gasteiger partial charge in [0, 0.05) is 26.7 Å². The summed E-state index contributed by atoms with van der Waals surface area (Å²) in [7, 11) is 1.62. The Kier molecular flexibility index (Phi) is 10.9. The molecule has 8 nitrogen and oxygen atoms in total. The van der Waals surface area contributed by atoms with Gasteiger partial charge in [0.25, 0.3) is 11.8 Å². The zero-order valence-corrected chi connectivity index (χ0v) is 24.1. The molecule has 1 saturated heterocycles. The van der Waals surface area contributed by atoms with Gasteiger partial charge in [-0.25, -0.2) is 0 Å². The monoisotopic (exact) mass is 573 g/mol. The van der Waals surface area contributed by atoms with Gasteiger partial charge in [0.15, 0.2) is 6.29 Å². The van der Waals surface area contributed by atoms with Crippen LogP contribution < -0.4 is 0 Å². The maximum absolute atomic E-state index is 12.5. The van der Waals surface area contributed by atoms with Crippen LogP contribution >= 0.6 is 0 Å². The molecule has 1 fully saturated rings. The summed E-state index contributed by atoms with van der Waals surface area (Å²) in [6.45, 7) is 2.28. The van der Waals surface area contributed by atoms with Crippen LogP contribution in [0.5, 0.6) is 0 Å². The average Bonchev–Trinajstić information content (AvgIpc) is 3.28. The molecule has 0 bridgehead atoms. The first-order chi connectivity index (χ1) is 20.6. The van der Waals surface area contributed by atoms with E-state index in [4.69, 9.17) is 23.7 Å². The molecule has 0 saturated carbocycles. The molecule has 222 valence electrons. The number of fused-ring (bicyclic) bond motifs is 1. The largest absolute Gasteiger partial charge is 0.379 e. The fourth-order valence-corrected chi connectivity index (χ4v) is 5.39. The molecule has 8 heteroatoms. The molecule has 3 aromatic carbocycles. The number of methoxy groups -OCH3 is 1. The van der Waals surface area contributed by atoms with Crippen LogP contribution in [0.25, 0.3) is 0 Å². The molecule has 0 N–H and O–H groups in total. The fraction of sp³-hybridized carbons (Fsp3) is 0.412. The highest BCUT2D eigenvalue weighted by atomic mass is 16.7. The Morgan fingerprint density at radius 1 is 0.762 bits per heavy atom. The van der Waals surface area contributed by atoms with E-state index in [9.17, 15) is 9.59 Å². The van der Waals surface area contributed by atoms with Crippen molar-refractivity contribution in [2.24, 2.45) is 0 Å². The van der Waals surface area contributed by atoms with Gasteiger partial charge in [-0.05, 0) is 42.5 Å². The summed E-state index contributed by atoms with van der Waals surface area (Å²) in [5.41, 5.74) is 3.15. The van der Waals surface area contributed by atoms with Crippen LogP contribution in [0.4, 0.5) is 0 Å². The lowest BCUT2D eigenvalue weighted by molar-refractivity contribution is -0.285. The van der Waals surface area contributed by atoms with E-state index in [1.54, 1.807) is 31.4 Å². The number of hydrogen-bond donors (Lipinski definition) is 0. The number of imide groups is 1. The number of nitrogens with zero attached hydrogens (tertiary/aromatic N) is 1. The van der Waals surface area contributed by atoms with Gasteiger partial charge in [0.2, 0.25) is 0 Å². The smallest absolute Gasteiger partial charge is 0.261 e. The molecule has 5 rings (SSSR count). The van der Waals surface area contributed by atoms with E-state index in [-0.39, 0.29) is 24.0 Å². The number of ether oxygens (including phenoxy) is 5. The standard InChI is InChI=1S/C34H39NO7/c1-38-34-31(41-23-26-15-7-3-8-16-26)30(40-22-25-13-5-2-6-14-25)21-27(42-34)24-39-20-12-4-11-19-35-32(36)28-17-9-10-18-29(28)33(35)37/h2-3,5-10,13-18,27,30-31,34H,4,11-12,19-24H2,1H3/t27-,30-,31+,34+/m0/s1. The number of unbranched alkanes of at least 4 members (excludes halogenated alkanes) is 2. The molecule has 0 aliphatic carbocycles. The average molecular weight is 574 g/mol. The Hall–Kier alpha value is -3.40. The van der Waals surface area contributed by atoms with Crippen LogP contribution in [0, 0.1) is 0 Å². The fourth-order valence-electron chi connectivity index (χ4n) is 5.39. The zero-order chi connectivity index (χ0) is 29.1. The van der Waals surface area contributed by atoms with Gasteiger partial charge < -0.3 is 23.7 Å². The Bertz CT molecular complexity index is 1250. The summed E-state index contributed by atoms with van der Waals surface area (Å²) in [5.74, 6) is -0.409. The van der Waals surface area contributed by atoms with E-state index < -0.39 is 12.4 Å². The Balaban J connectivity index is 1.07. The van der Waals surface area contributed by atoms with Crippen molar-refractivity contribution in [3.05, 3.63) is 107 Å². The number of rotatable bonds is 15. The molecule has 3 aromatic rings. The van der Waals surface area contributed by atoms with Gasteiger partial charge in [-0.1, -0.05) is 72.8 Å². The minimum Gasteiger partial charge on any atom is -0.379 e. The molecular formula is C34H39NO7. The van der Waals surface area contributed by atoms with Gasteiger partial charge in [-0.15, -0.1) is 0 Å². The van der Waals surface area contributed by atoms with Gasteiger partial charge >= 0.3 is 0 Å². The predicted octanol–water partition coefficient (Wildman–Crippen LogP) is 5.40. The lowest BCUT2D eigenvalue weighted by Crippen LogP contribution is -2.52. The molecule has 0 aromatic heterocycles. The third-order valence-corrected chi connectivity index (χ3v) is 7.63. The van der Waals surface area contributed by atoms with E-state index >= 15 is 0 Å². The number of hydrogen-bond acceptors (Lipinski definition) is 7. The molecular weight excluding hydrogens is 534 g/mol. The van der Waals surface area contributed by atoms with Gasteiger partial charge in [0.05, 0.1) is 43.2 Å². The van der Waals surface area contributed by atoms with Crippen LogP contribution in [-0.4, -0.2) is 68.2 Å². The van der Waals surface area contributed by atoms with Crippen molar-refractivity contribution < 1.29 is 33.3 Å². The van der Waals surface area contributed by atoms with Crippen molar-refractivity contribution >= 4 is 11.8 Å². The Labute approximate surface area is 247 Å². The number of amides is 2. The van der Waals surface area contributed by atoms with Gasteiger partial charge in [0.1, 0.15) is 6.10 Å². The summed E-state index contributed by atoms with van der Waals surface area (Å²) < 4.78 is 30.6. The number of carbonyl (C=O) groups is 2. The van der Waals surface area contributed by atoms with Crippen molar-refractivity contribution in [2.45, 2.75) is 63.5 Å². The number of carbonyl (C=O) groups excluding carboxylic acids is 2. The lowest BCUT2D eigenvalue weighted by Gasteiger charge is -2.40. The summed E-state index contributed by atoms with van der Waals surface area (Å²) in [5, 5.41) is 0. The SMILES string of the molecule is CO[C@@H]1O[C@H](COCCCCCN2C(=O)c3ccccc3C2=O)C[C@H](OCc2ccccc2)[C@H]1OCc1ccccc1. The molecule has 4 atom stereocenters. The zero-order valence-electron chi connectivity index (χ0n) is 24.1. The first-order valence-electron chi connectivity index (χ1n) is 14.7. The van der Waals surface area contributed by atoms with Crippen LogP contribution in [-0.2, 0) is 36.9 Å². The van der Waals surface area contributed by atoms with Crippen LogP contribution in [0.2, 0.25) is 0 Å². The van der Waals surface area contributed by atoms with Crippen molar-refractivity contribution in [3.8, 4) is 0 Å². The second-order valence-corrected chi connectivity index (χ2v) is 10.6. The minimum absolute atomic E-state index is 0.203. The predicted molar refractivity (Wildman–Crippen MR) is 157 cm³/mol. The van der Waals surface area contributed by atoms with Crippen molar-refractivity contribution in [1.82, 2.24) is 4.90 Å². The second kappa shape index (κ2) is 15.2. The van der Waals surface area contributed by atoms with E-state index in [0.29, 0.717) is 50.5 Å². The van der Waals surface area contributed by atoms with Crippen molar-refractivity contribution in [2.75, 3.05) is 26.9 Å². The summed E-state index contributed by atoms with van der Waals surface area (Å²) in [4.78, 5) is 26.4. The summed E-state index contributed by atoms with van der Waals surface area (Å²) in [6, 6.07) is 27.1. The van der Waals surface area contributed by atoms with Gasteiger partial charge in [-0.3, -0.25) is 14.5 Å². The molecule has 2 amide bonds. The van der Waals surface area contributed by atoms with E-state index in [1.807, 2.05) is 60.7 Å². The maximum Gasteiger partial charge on any atom is 0.261 e. The second-order valence-electron chi connectivity index (χ2n) is 10.6. The van der Waals surface area contributed by atoms with E-state index in [0.717, 1.165) is 30.4 Å². The molecule has 42 heavy (non-hydrogen) atoms. The molecule has 2 aliphatic heterocycles. The summed E-state index contributed by atoms with van der Waals surface area (Å²) in [6.07, 6.45) is 1.60. The Morgan fingerprint density at radius 3 is 1.98 bits per heavy atom.